The van der Waals surface area contributed by atoms with Gasteiger partial charge in [0.15, 0.2) is 0 Å². The van der Waals surface area contributed by atoms with Crippen molar-refractivity contribution in [3.05, 3.63) is 0 Å². The Hall–Kier alpha value is -0.650. The van der Waals surface area contributed by atoms with E-state index in [4.69, 9.17) is 14.2 Å². The van der Waals surface area contributed by atoms with E-state index < -0.39 is 5.54 Å². The largest absolute Gasteiger partial charge is 0.468 e. The van der Waals surface area contributed by atoms with Crippen molar-refractivity contribution < 1.29 is 19.0 Å². The predicted octanol–water partition coefficient (Wildman–Crippen LogP) is 1.36. The zero-order valence-electron chi connectivity index (χ0n) is 12.4. The maximum atomic E-state index is 11.8. The van der Waals surface area contributed by atoms with Crippen LogP contribution in [-0.4, -0.2) is 50.6 Å². The molecule has 0 heterocycles. The molecule has 0 rings (SSSR count). The summed E-state index contributed by atoms with van der Waals surface area (Å²) in [5, 5.41) is 3.18. The van der Waals surface area contributed by atoms with Gasteiger partial charge in [0.2, 0.25) is 0 Å². The molecule has 0 aromatic rings. The number of ether oxygens (including phenoxy) is 3. The Morgan fingerprint density at radius 3 is 2.39 bits per heavy atom. The summed E-state index contributed by atoms with van der Waals surface area (Å²) in [6.45, 7) is 11.0. The molecular weight excluding hydrogens is 234 g/mol. The zero-order valence-corrected chi connectivity index (χ0v) is 12.4. The van der Waals surface area contributed by atoms with Crippen LogP contribution in [0.3, 0.4) is 0 Å². The van der Waals surface area contributed by atoms with Crippen molar-refractivity contribution >= 4 is 5.97 Å². The van der Waals surface area contributed by atoms with Crippen LogP contribution in [0.1, 0.15) is 34.6 Å². The minimum atomic E-state index is -0.830. The van der Waals surface area contributed by atoms with E-state index >= 15 is 0 Å². The molecule has 1 N–H and O–H groups in total. The first-order chi connectivity index (χ1) is 8.35. The molecule has 0 aliphatic rings. The van der Waals surface area contributed by atoms with Crippen molar-refractivity contribution in [1.29, 1.82) is 0 Å². The lowest BCUT2D eigenvalue weighted by Crippen LogP contribution is -2.56. The van der Waals surface area contributed by atoms with Crippen molar-refractivity contribution in [2.24, 2.45) is 0 Å². The first-order valence-corrected chi connectivity index (χ1v) is 6.41. The van der Waals surface area contributed by atoms with E-state index in [-0.39, 0.29) is 24.7 Å². The highest BCUT2D eigenvalue weighted by Crippen LogP contribution is 2.10. The zero-order chi connectivity index (χ0) is 14.2. The third-order valence-electron chi connectivity index (χ3n) is 2.46. The fraction of sp³-hybridized carbons (Fsp3) is 0.923. The second-order valence-electron chi connectivity index (χ2n) is 4.90. The summed E-state index contributed by atoms with van der Waals surface area (Å²) in [4.78, 5) is 11.8. The van der Waals surface area contributed by atoms with Gasteiger partial charge in [-0.25, -0.2) is 4.79 Å². The molecule has 108 valence electrons. The lowest BCUT2D eigenvalue weighted by molar-refractivity contribution is -0.152. The van der Waals surface area contributed by atoms with Crippen molar-refractivity contribution in [3.8, 4) is 0 Å². The molecule has 0 aliphatic carbocycles. The second-order valence-corrected chi connectivity index (χ2v) is 4.90. The standard InChI is InChI=1S/C13H27NO4/c1-7-17-8-11(4)18-9-13(5,12(15)16-6)14-10(2)3/h10-11,14H,7-9H2,1-6H3. The molecule has 5 heteroatoms. The summed E-state index contributed by atoms with van der Waals surface area (Å²) in [5.74, 6) is -0.320. The monoisotopic (exact) mass is 261 g/mol. The molecule has 0 radical (unpaired) electrons. The molecule has 0 aromatic carbocycles. The Kier molecular flexibility index (Phi) is 8.15. The molecule has 0 aliphatic heterocycles. The Morgan fingerprint density at radius 2 is 1.94 bits per heavy atom. The van der Waals surface area contributed by atoms with E-state index in [9.17, 15) is 4.79 Å². The van der Waals surface area contributed by atoms with Crippen LogP contribution in [0.2, 0.25) is 0 Å². The molecule has 0 saturated carbocycles. The minimum absolute atomic E-state index is 0.0529. The van der Waals surface area contributed by atoms with E-state index in [0.717, 1.165) is 0 Å². The van der Waals surface area contributed by atoms with Gasteiger partial charge in [-0.15, -0.1) is 0 Å². The maximum Gasteiger partial charge on any atom is 0.328 e. The van der Waals surface area contributed by atoms with E-state index in [1.165, 1.54) is 7.11 Å². The van der Waals surface area contributed by atoms with Gasteiger partial charge in [0, 0.05) is 12.6 Å². The van der Waals surface area contributed by atoms with Gasteiger partial charge in [0.05, 0.1) is 26.4 Å². The molecule has 0 spiro atoms. The highest BCUT2D eigenvalue weighted by Gasteiger charge is 2.35. The molecule has 5 nitrogen and oxygen atoms in total. The number of hydrogen-bond acceptors (Lipinski definition) is 5. The van der Waals surface area contributed by atoms with E-state index in [0.29, 0.717) is 13.2 Å². The topological polar surface area (TPSA) is 56.8 Å². The first kappa shape index (κ1) is 17.4. The average Bonchev–Trinajstić information content (AvgIpc) is 2.31. The second kappa shape index (κ2) is 8.45. The molecule has 2 atom stereocenters. The van der Waals surface area contributed by atoms with Gasteiger partial charge >= 0.3 is 5.97 Å². The fourth-order valence-corrected chi connectivity index (χ4v) is 1.66. The minimum Gasteiger partial charge on any atom is -0.468 e. The van der Waals surface area contributed by atoms with Crippen molar-refractivity contribution in [2.75, 3.05) is 26.9 Å². The molecule has 18 heavy (non-hydrogen) atoms. The Bertz CT molecular complexity index is 245. The van der Waals surface area contributed by atoms with Gasteiger partial charge < -0.3 is 14.2 Å². The van der Waals surface area contributed by atoms with Crippen molar-refractivity contribution in [1.82, 2.24) is 5.32 Å². The summed E-state index contributed by atoms with van der Waals surface area (Å²) >= 11 is 0. The number of rotatable bonds is 9. The van der Waals surface area contributed by atoms with E-state index in [1.54, 1.807) is 6.92 Å². The number of methoxy groups -OCH3 is 1. The first-order valence-electron chi connectivity index (χ1n) is 6.41. The summed E-state index contributed by atoms with van der Waals surface area (Å²) in [6.07, 6.45) is -0.0529. The number of esters is 1. The summed E-state index contributed by atoms with van der Waals surface area (Å²) in [6, 6.07) is 0.167. The average molecular weight is 261 g/mol. The maximum absolute atomic E-state index is 11.8. The molecule has 0 aromatic heterocycles. The Balaban J connectivity index is 4.37. The van der Waals surface area contributed by atoms with Gasteiger partial charge in [-0.3, -0.25) is 5.32 Å². The lowest BCUT2D eigenvalue weighted by atomic mass is 10.0. The Labute approximate surface area is 110 Å². The molecule has 2 unspecified atom stereocenters. The number of nitrogens with one attached hydrogen (secondary N) is 1. The highest BCUT2D eigenvalue weighted by atomic mass is 16.5. The third kappa shape index (κ3) is 6.33. The Morgan fingerprint density at radius 1 is 1.33 bits per heavy atom. The van der Waals surface area contributed by atoms with Gasteiger partial charge in [-0.05, 0) is 34.6 Å². The van der Waals surface area contributed by atoms with Crippen LogP contribution in [-0.2, 0) is 19.0 Å². The van der Waals surface area contributed by atoms with Crippen LogP contribution >= 0.6 is 0 Å². The normalized spacial score (nSPS) is 16.4. The SMILES string of the molecule is CCOCC(C)OCC(C)(NC(C)C)C(=O)OC. The van der Waals surface area contributed by atoms with Gasteiger partial charge in [-0.1, -0.05) is 0 Å². The third-order valence-corrected chi connectivity index (χ3v) is 2.46. The summed E-state index contributed by atoms with van der Waals surface area (Å²) in [5.41, 5.74) is -0.830. The highest BCUT2D eigenvalue weighted by molar-refractivity contribution is 5.80. The molecule has 0 amide bonds. The quantitative estimate of drug-likeness (QED) is 0.635. The number of carbonyl (C=O) groups is 1. The van der Waals surface area contributed by atoms with Crippen LogP contribution < -0.4 is 5.32 Å². The molecule has 0 saturated heterocycles. The van der Waals surface area contributed by atoms with Crippen molar-refractivity contribution in [3.63, 3.8) is 0 Å². The van der Waals surface area contributed by atoms with Crippen LogP contribution in [0.4, 0.5) is 0 Å². The molecule has 0 bridgehead atoms. The van der Waals surface area contributed by atoms with Crippen LogP contribution in [0, 0.1) is 0 Å². The lowest BCUT2D eigenvalue weighted by Gasteiger charge is -2.31. The molecule has 0 fully saturated rings. The smallest absolute Gasteiger partial charge is 0.328 e. The summed E-state index contributed by atoms with van der Waals surface area (Å²) in [7, 11) is 1.38. The van der Waals surface area contributed by atoms with Crippen LogP contribution in [0.5, 0.6) is 0 Å². The number of carbonyl (C=O) groups excluding carboxylic acids is 1. The van der Waals surface area contributed by atoms with Gasteiger partial charge in [-0.2, -0.15) is 0 Å². The van der Waals surface area contributed by atoms with E-state index in [2.05, 4.69) is 5.32 Å². The number of hydrogen-bond donors (Lipinski definition) is 1. The van der Waals surface area contributed by atoms with E-state index in [1.807, 2.05) is 27.7 Å². The molecular formula is C13H27NO4. The fourth-order valence-electron chi connectivity index (χ4n) is 1.66. The van der Waals surface area contributed by atoms with Gasteiger partial charge in [0.1, 0.15) is 5.54 Å². The van der Waals surface area contributed by atoms with Crippen LogP contribution in [0.25, 0.3) is 0 Å². The summed E-state index contributed by atoms with van der Waals surface area (Å²) < 4.78 is 15.7. The van der Waals surface area contributed by atoms with Crippen molar-refractivity contribution in [2.45, 2.75) is 52.3 Å². The predicted molar refractivity (Wildman–Crippen MR) is 70.6 cm³/mol. The van der Waals surface area contributed by atoms with Crippen LogP contribution in [0.15, 0.2) is 0 Å². The van der Waals surface area contributed by atoms with Gasteiger partial charge in [0.25, 0.3) is 0 Å².